The first-order valence-electron chi connectivity index (χ1n) is 4.26. The van der Waals surface area contributed by atoms with Crippen LogP contribution in [-0.2, 0) is 6.42 Å². The zero-order valence-electron chi connectivity index (χ0n) is 7.61. The molecule has 70 valence electrons. The number of rotatable bonds is 1. The molecule has 1 N–H and O–H groups in total. The molecule has 0 saturated carbocycles. The molecule has 5 heteroatoms. The molecule has 0 aliphatic rings. The van der Waals surface area contributed by atoms with Crippen LogP contribution in [0.2, 0.25) is 0 Å². The molecule has 0 unspecified atom stereocenters. The van der Waals surface area contributed by atoms with E-state index in [9.17, 15) is 4.79 Å². The standard InChI is InChI=1S/C9H8N4O/c1-2-6-4-11-8-7(3-10)5-12-13(8)9(6)14/h4-5,12H,2H2,1H3. The third-order valence-corrected chi connectivity index (χ3v) is 2.11. The summed E-state index contributed by atoms with van der Waals surface area (Å²) in [5.74, 6) is 0. The number of nitrogens with zero attached hydrogens (tertiary/aromatic N) is 3. The number of hydrogen-bond donors (Lipinski definition) is 1. The van der Waals surface area contributed by atoms with E-state index in [4.69, 9.17) is 5.26 Å². The van der Waals surface area contributed by atoms with Gasteiger partial charge in [0.05, 0.1) is 0 Å². The molecule has 2 aromatic rings. The van der Waals surface area contributed by atoms with Gasteiger partial charge in [-0.15, -0.1) is 0 Å². The van der Waals surface area contributed by atoms with Crippen molar-refractivity contribution in [3.8, 4) is 6.07 Å². The van der Waals surface area contributed by atoms with E-state index >= 15 is 0 Å². The fraction of sp³-hybridized carbons (Fsp3) is 0.222. The Kier molecular flexibility index (Phi) is 1.82. The molecule has 0 aliphatic carbocycles. The highest BCUT2D eigenvalue weighted by Gasteiger charge is 2.07. The molecule has 0 atom stereocenters. The Labute approximate surface area is 79.6 Å². The summed E-state index contributed by atoms with van der Waals surface area (Å²) >= 11 is 0. The quantitative estimate of drug-likeness (QED) is 0.706. The van der Waals surface area contributed by atoms with Gasteiger partial charge in [-0.1, -0.05) is 6.92 Å². The lowest BCUT2D eigenvalue weighted by Crippen LogP contribution is -2.18. The van der Waals surface area contributed by atoms with Crippen molar-refractivity contribution < 1.29 is 0 Å². The minimum absolute atomic E-state index is 0.140. The van der Waals surface area contributed by atoms with Crippen LogP contribution in [0.4, 0.5) is 0 Å². The van der Waals surface area contributed by atoms with Gasteiger partial charge >= 0.3 is 0 Å². The van der Waals surface area contributed by atoms with Gasteiger partial charge in [-0.3, -0.25) is 9.89 Å². The summed E-state index contributed by atoms with van der Waals surface area (Å²) in [5, 5.41) is 11.4. The third kappa shape index (κ3) is 1.01. The number of nitrogens with one attached hydrogen (secondary N) is 1. The van der Waals surface area contributed by atoms with Crippen molar-refractivity contribution in [2.24, 2.45) is 0 Å². The molecule has 0 aromatic carbocycles. The summed E-state index contributed by atoms with van der Waals surface area (Å²) in [5.41, 5.74) is 1.26. The number of fused-ring (bicyclic) bond motifs is 1. The lowest BCUT2D eigenvalue weighted by atomic mass is 10.2. The minimum atomic E-state index is -0.140. The molecular formula is C9H8N4O. The van der Waals surface area contributed by atoms with Gasteiger partial charge in [0.25, 0.3) is 5.56 Å². The Morgan fingerprint density at radius 1 is 1.71 bits per heavy atom. The van der Waals surface area contributed by atoms with Crippen molar-refractivity contribution in [3.05, 3.63) is 33.9 Å². The maximum absolute atomic E-state index is 11.7. The van der Waals surface area contributed by atoms with Gasteiger partial charge < -0.3 is 0 Å². The van der Waals surface area contributed by atoms with Crippen molar-refractivity contribution in [2.75, 3.05) is 0 Å². The van der Waals surface area contributed by atoms with Crippen molar-refractivity contribution in [2.45, 2.75) is 13.3 Å². The maximum atomic E-state index is 11.7. The van der Waals surface area contributed by atoms with E-state index in [-0.39, 0.29) is 5.56 Å². The Morgan fingerprint density at radius 2 is 2.50 bits per heavy atom. The first-order chi connectivity index (χ1) is 6.77. The summed E-state index contributed by atoms with van der Waals surface area (Å²) in [7, 11) is 0. The van der Waals surface area contributed by atoms with Gasteiger partial charge in [0.15, 0.2) is 5.65 Å². The highest BCUT2D eigenvalue weighted by Crippen LogP contribution is 2.03. The molecule has 5 nitrogen and oxygen atoms in total. The molecule has 0 radical (unpaired) electrons. The monoisotopic (exact) mass is 188 g/mol. The summed E-state index contributed by atoms with van der Waals surface area (Å²) < 4.78 is 1.29. The normalized spacial score (nSPS) is 10.3. The van der Waals surface area contributed by atoms with Crippen molar-refractivity contribution >= 4 is 5.65 Å². The lowest BCUT2D eigenvalue weighted by Gasteiger charge is -1.96. The zero-order valence-corrected chi connectivity index (χ0v) is 7.61. The molecule has 14 heavy (non-hydrogen) atoms. The van der Waals surface area contributed by atoms with Crippen LogP contribution in [0, 0.1) is 11.3 Å². The van der Waals surface area contributed by atoms with Gasteiger partial charge in [0.2, 0.25) is 0 Å². The summed E-state index contributed by atoms with van der Waals surface area (Å²) in [6.07, 6.45) is 3.63. The second-order valence-electron chi connectivity index (χ2n) is 2.90. The van der Waals surface area contributed by atoms with Crippen LogP contribution in [0.25, 0.3) is 5.65 Å². The van der Waals surface area contributed by atoms with Gasteiger partial charge in [0.1, 0.15) is 11.6 Å². The van der Waals surface area contributed by atoms with E-state index in [1.54, 1.807) is 0 Å². The third-order valence-electron chi connectivity index (χ3n) is 2.11. The van der Waals surface area contributed by atoms with Gasteiger partial charge in [-0.25, -0.2) is 9.50 Å². The Balaban J connectivity index is 2.88. The second kappa shape index (κ2) is 3.00. The van der Waals surface area contributed by atoms with Crippen LogP contribution >= 0.6 is 0 Å². The fourth-order valence-electron chi connectivity index (χ4n) is 1.32. The number of aryl methyl sites for hydroxylation is 1. The van der Waals surface area contributed by atoms with E-state index < -0.39 is 0 Å². The molecule has 0 amide bonds. The molecule has 0 aliphatic heterocycles. The van der Waals surface area contributed by atoms with Crippen molar-refractivity contribution in [3.63, 3.8) is 0 Å². The molecule has 0 saturated heterocycles. The van der Waals surface area contributed by atoms with Gasteiger partial charge in [-0.2, -0.15) is 5.26 Å². The first kappa shape index (κ1) is 8.51. The summed E-state index contributed by atoms with van der Waals surface area (Å²) in [4.78, 5) is 15.7. The molecular weight excluding hydrogens is 180 g/mol. The predicted molar refractivity (Wildman–Crippen MR) is 49.9 cm³/mol. The van der Waals surface area contributed by atoms with Crippen LogP contribution in [0.1, 0.15) is 18.1 Å². The minimum Gasteiger partial charge on any atom is -0.295 e. The van der Waals surface area contributed by atoms with Crippen LogP contribution in [-0.4, -0.2) is 14.6 Å². The van der Waals surface area contributed by atoms with Crippen molar-refractivity contribution in [1.82, 2.24) is 14.6 Å². The Morgan fingerprint density at radius 3 is 3.14 bits per heavy atom. The van der Waals surface area contributed by atoms with E-state index in [0.29, 0.717) is 23.2 Å². The Hall–Kier alpha value is -2.09. The SMILES string of the molecule is CCc1cnc2c(C#N)c[nH]n2c1=O. The van der Waals surface area contributed by atoms with E-state index in [0.717, 1.165) is 0 Å². The number of aromatic amines is 1. The molecule has 0 bridgehead atoms. The maximum Gasteiger partial charge on any atom is 0.275 e. The highest BCUT2D eigenvalue weighted by molar-refractivity contribution is 5.53. The Bertz CT molecular complexity index is 572. The van der Waals surface area contributed by atoms with Crippen LogP contribution in [0.3, 0.4) is 0 Å². The number of aromatic nitrogens is 3. The second-order valence-corrected chi connectivity index (χ2v) is 2.90. The average molecular weight is 188 g/mol. The van der Waals surface area contributed by atoms with Gasteiger partial charge in [-0.05, 0) is 6.42 Å². The number of nitriles is 1. The highest BCUT2D eigenvalue weighted by atomic mass is 16.1. The van der Waals surface area contributed by atoms with Crippen LogP contribution in [0.5, 0.6) is 0 Å². The topological polar surface area (TPSA) is 73.9 Å². The number of hydrogen-bond acceptors (Lipinski definition) is 3. The van der Waals surface area contributed by atoms with Crippen LogP contribution in [0.15, 0.2) is 17.2 Å². The largest absolute Gasteiger partial charge is 0.295 e. The number of H-pyrrole nitrogens is 1. The smallest absolute Gasteiger partial charge is 0.275 e. The molecule has 2 rings (SSSR count). The predicted octanol–water partition coefficient (Wildman–Crippen LogP) is 0.457. The fourth-order valence-corrected chi connectivity index (χ4v) is 1.32. The van der Waals surface area contributed by atoms with E-state index in [1.807, 2.05) is 13.0 Å². The lowest BCUT2D eigenvalue weighted by molar-refractivity contribution is 0.867. The zero-order chi connectivity index (χ0) is 10.1. The molecule has 0 spiro atoms. The first-order valence-corrected chi connectivity index (χ1v) is 4.26. The molecule has 0 fully saturated rings. The average Bonchev–Trinajstić information content (AvgIpc) is 2.62. The van der Waals surface area contributed by atoms with E-state index in [2.05, 4.69) is 10.1 Å². The van der Waals surface area contributed by atoms with Crippen molar-refractivity contribution in [1.29, 1.82) is 5.26 Å². The summed E-state index contributed by atoms with van der Waals surface area (Å²) in [6, 6.07) is 1.96. The molecule has 2 aromatic heterocycles. The molecule has 2 heterocycles. The summed E-state index contributed by atoms with van der Waals surface area (Å²) in [6.45, 7) is 1.89. The van der Waals surface area contributed by atoms with Gasteiger partial charge in [0, 0.05) is 18.0 Å². The van der Waals surface area contributed by atoms with Crippen LogP contribution < -0.4 is 5.56 Å². The van der Waals surface area contributed by atoms with E-state index in [1.165, 1.54) is 16.9 Å².